The maximum atomic E-state index is 12.4. The number of carbonyl (C=O) groups is 1. The van der Waals surface area contributed by atoms with Crippen LogP contribution in [-0.2, 0) is 4.79 Å². The lowest BCUT2D eigenvalue weighted by atomic mass is 10.0. The third kappa shape index (κ3) is 4.90. The second-order valence-electron chi connectivity index (χ2n) is 6.47. The third-order valence-electron chi connectivity index (χ3n) is 4.18. The minimum absolute atomic E-state index is 0.107. The molecule has 5 nitrogen and oxygen atoms in total. The predicted molar refractivity (Wildman–Crippen MR) is 122 cm³/mol. The van der Waals surface area contributed by atoms with Gasteiger partial charge in [-0.1, -0.05) is 94.1 Å². The van der Waals surface area contributed by atoms with Crippen molar-refractivity contribution in [2.45, 2.75) is 18.2 Å². The molecule has 0 radical (unpaired) electrons. The Morgan fingerprint density at radius 1 is 1.00 bits per heavy atom. The molecule has 29 heavy (non-hydrogen) atoms. The van der Waals surface area contributed by atoms with Crippen LogP contribution in [0.5, 0.6) is 0 Å². The Kier molecular flexibility index (Phi) is 6.03. The summed E-state index contributed by atoms with van der Waals surface area (Å²) in [6.07, 6.45) is 0. The normalized spacial score (nSPS) is 10.8. The Labute approximate surface area is 181 Å². The van der Waals surface area contributed by atoms with Crippen LogP contribution in [0.1, 0.15) is 11.1 Å². The van der Waals surface area contributed by atoms with Crippen LogP contribution >= 0.6 is 34.4 Å². The Hall–Kier alpha value is -2.55. The molecule has 2 aromatic heterocycles. The first-order valence-corrected chi connectivity index (χ1v) is 11.6. The van der Waals surface area contributed by atoms with Crippen LogP contribution < -0.4 is 5.32 Å². The number of aromatic nitrogens is 3. The molecular formula is C21H18N4OS3. The number of hydrogen-bond acceptors (Lipinski definition) is 7. The summed E-state index contributed by atoms with van der Waals surface area (Å²) < 4.78 is 0.778. The smallest absolute Gasteiger partial charge is 0.236 e. The van der Waals surface area contributed by atoms with Crippen molar-refractivity contribution in [2.24, 2.45) is 0 Å². The van der Waals surface area contributed by atoms with Crippen molar-refractivity contribution < 1.29 is 4.79 Å². The van der Waals surface area contributed by atoms with Gasteiger partial charge in [-0.15, -0.1) is 10.2 Å². The molecule has 0 spiro atoms. The van der Waals surface area contributed by atoms with Gasteiger partial charge in [0.25, 0.3) is 0 Å². The van der Waals surface area contributed by atoms with Crippen LogP contribution in [0.3, 0.4) is 0 Å². The maximum Gasteiger partial charge on any atom is 0.236 e. The Balaban J connectivity index is 1.61. The SMILES string of the molecule is Cc1ccc(-c2nc(NC(=O)CSc3nncs3)sc2-c2ccc(C)cc2)cc1. The van der Waals surface area contributed by atoms with Gasteiger partial charge in [-0.2, -0.15) is 0 Å². The van der Waals surface area contributed by atoms with E-state index in [1.807, 2.05) is 0 Å². The van der Waals surface area contributed by atoms with Crippen molar-refractivity contribution in [3.8, 4) is 21.7 Å². The number of aryl methyl sites for hydroxylation is 2. The van der Waals surface area contributed by atoms with E-state index in [2.05, 4.69) is 77.9 Å². The van der Waals surface area contributed by atoms with Crippen LogP contribution in [0.25, 0.3) is 21.7 Å². The first-order chi connectivity index (χ1) is 14.1. The number of hydrogen-bond donors (Lipinski definition) is 1. The third-order valence-corrected chi connectivity index (χ3v) is 7.06. The van der Waals surface area contributed by atoms with Gasteiger partial charge in [-0.3, -0.25) is 4.79 Å². The van der Waals surface area contributed by atoms with E-state index >= 15 is 0 Å². The highest BCUT2D eigenvalue weighted by Gasteiger charge is 2.17. The zero-order chi connectivity index (χ0) is 20.2. The molecule has 0 bridgehead atoms. The Morgan fingerprint density at radius 2 is 1.66 bits per heavy atom. The number of benzene rings is 2. The second kappa shape index (κ2) is 8.86. The average Bonchev–Trinajstić information content (AvgIpc) is 3.38. The van der Waals surface area contributed by atoms with E-state index < -0.39 is 0 Å². The number of nitrogens with zero attached hydrogens (tertiary/aromatic N) is 3. The summed E-state index contributed by atoms with van der Waals surface area (Å²) in [7, 11) is 0. The van der Waals surface area contributed by atoms with Gasteiger partial charge in [-0.25, -0.2) is 4.98 Å². The number of thiazole rings is 1. The summed E-state index contributed by atoms with van der Waals surface area (Å²) in [5.41, 5.74) is 7.06. The van der Waals surface area contributed by atoms with Crippen molar-refractivity contribution >= 4 is 45.5 Å². The zero-order valence-electron chi connectivity index (χ0n) is 15.9. The zero-order valence-corrected chi connectivity index (χ0v) is 18.3. The topological polar surface area (TPSA) is 67.8 Å². The second-order valence-corrected chi connectivity index (χ2v) is 9.53. The standard InChI is InChI=1S/C21H18N4OS3/c1-13-3-7-15(8-4-13)18-19(16-9-5-14(2)6-10-16)29-20(24-18)23-17(26)11-27-21-25-22-12-28-21/h3-10,12H,11H2,1-2H3,(H,23,24,26). The number of rotatable bonds is 6. The minimum atomic E-state index is -0.107. The molecule has 2 aromatic carbocycles. The molecule has 0 aliphatic heterocycles. The summed E-state index contributed by atoms with van der Waals surface area (Å²) in [6.45, 7) is 4.13. The molecule has 4 aromatic rings. The molecule has 0 fully saturated rings. The van der Waals surface area contributed by atoms with Crippen molar-refractivity contribution in [1.82, 2.24) is 15.2 Å². The van der Waals surface area contributed by atoms with E-state index in [4.69, 9.17) is 4.98 Å². The molecule has 0 saturated heterocycles. The summed E-state index contributed by atoms with van der Waals surface area (Å²) in [5, 5.41) is 11.3. The fraction of sp³-hybridized carbons (Fsp3) is 0.143. The van der Waals surface area contributed by atoms with Crippen LogP contribution in [0.2, 0.25) is 0 Å². The quantitative estimate of drug-likeness (QED) is 0.393. The Bertz CT molecular complexity index is 1040. The molecule has 1 N–H and O–H groups in total. The highest BCUT2D eigenvalue weighted by molar-refractivity contribution is 8.01. The summed E-state index contributed by atoms with van der Waals surface area (Å²) >= 11 is 4.28. The average molecular weight is 439 g/mol. The predicted octanol–water partition coefficient (Wildman–Crippen LogP) is 5.68. The highest BCUT2D eigenvalue weighted by Crippen LogP contribution is 2.39. The van der Waals surface area contributed by atoms with Gasteiger partial charge in [0, 0.05) is 5.56 Å². The first kappa shape index (κ1) is 19.8. The van der Waals surface area contributed by atoms with E-state index in [1.165, 1.54) is 45.6 Å². The van der Waals surface area contributed by atoms with E-state index in [0.717, 1.165) is 26.0 Å². The lowest BCUT2D eigenvalue weighted by molar-refractivity contribution is -0.113. The number of thioether (sulfide) groups is 1. The van der Waals surface area contributed by atoms with Crippen LogP contribution in [0, 0.1) is 13.8 Å². The molecule has 4 rings (SSSR count). The monoisotopic (exact) mass is 438 g/mol. The summed E-state index contributed by atoms with van der Waals surface area (Å²) in [4.78, 5) is 18.2. The fourth-order valence-electron chi connectivity index (χ4n) is 2.69. The van der Waals surface area contributed by atoms with Crippen LogP contribution in [-0.4, -0.2) is 26.8 Å². The lowest BCUT2D eigenvalue weighted by Gasteiger charge is -2.04. The minimum Gasteiger partial charge on any atom is -0.301 e. The van der Waals surface area contributed by atoms with Crippen LogP contribution in [0.4, 0.5) is 5.13 Å². The molecule has 2 heterocycles. The molecule has 0 atom stereocenters. The van der Waals surface area contributed by atoms with Crippen molar-refractivity contribution in [3.05, 3.63) is 65.2 Å². The molecule has 0 unspecified atom stereocenters. The molecule has 0 saturated carbocycles. The lowest BCUT2D eigenvalue weighted by Crippen LogP contribution is -2.13. The van der Waals surface area contributed by atoms with Gasteiger partial charge in [0.1, 0.15) is 5.51 Å². The van der Waals surface area contributed by atoms with E-state index in [0.29, 0.717) is 5.13 Å². The molecular weight excluding hydrogens is 420 g/mol. The molecule has 8 heteroatoms. The van der Waals surface area contributed by atoms with Gasteiger partial charge >= 0.3 is 0 Å². The van der Waals surface area contributed by atoms with Gasteiger partial charge < -0.3 is 5.32 Å². The number of anilines is 1. The number of nitrogens with one attached hydrogen (secondary N) is 1. The van der Waals surface area contributed by atoms with Gasteiger partial charge in [0.05, 0.1) is 16.3 Å². The van der Waals surface area contributed by atoms with Crippen molar-refractivity contribution in [2.75, 3.05) is 11.1 Å². The van der Waals surface area contributed by atoms with E-state index in [1.54, 1.807) is 5.51 Å². The van der Waals surface area contributed by atoms with E-state index in [-0.39, 0.29) is 11.7 Å². The van der Waals surface area contributed by atoms with Crippen LogP contribution in [0.15, 0.2) is 58.4 Å². The maximum absolute atomic E-state index is 12.4. The van der Waals surface area contributed by atoms with E-state index in [9.17, 15) is 4.79 Å². The largest absolute Gasteiger partial charge is 0.301 e. The van der Waals surface area contributed by atoms with Gasteiger partial charge in [-0.05, 0) is 19.4 Å². The first-order valence-electron chi connectivity index (χ1n) is 8.92. The van der Waals surface area contributed by atoms with Crippen molar-refractivity contribution in [1.29, 1.82) is 0 Å². The Morgan fingerprint density at radius 3 is 2.28 bits per heavy atom. The van der Waals surface area contributed by atoms with Gasteiger partial charge in [0.15, 0.2) is 9.47 Å². The molecule has 146 valence electrons. The fourth-order valence-corrected chi connectivity index (χ4v) is 4.99. The number of carbonyl (C=O) groups excluding carboxylic acids is 1. The molecule has 0 aliphatic rings. The molecule has 0 aliphatic carbocycles. The van der Waals surface area contributed by atoms with Gasteiger partial charge in [0.2, 0.25) is 5.91 Å². The highest BCUT2D eigenvalue weighted by atomic mass is 32.2. The molecule has 1 amide bonds. The summed E-state index contributed by atoms with van der Waals surface area (Å²) in [6, 6.07) is 16.7. The van der Waals surface area contributed by atoms with Crippen molar-refractivity contribution in [3.63, 3.8) is 0 Å². The summed E-state index contributed by atoms with van der Waals surface area (Å²) in [5.74, 6) is 0.166. The number of amides is 1.